The highest BCUT2D eigenvalue weighted by molar-refractivity contribution is 5.50. The fourth-order valence-electron chi connectivity index (χ4n) is 1.97. The minimum absolute atomic E-state index is 0.829. The average molecular weight is 272 g/mol. The highest BCUT2D eigenvalue weighted by atomic mass is 15.3. The van der Waals surface area contributed by atoms with Crippen molar-refractivity contribution in [2.24, 2.45) is 24.3 Å². The van der Waals surface area contributed by atoms with Crippen LogP contribution in [0.15, 0.2) is 40.7 Å². The molecule has 0 saturated heterocycles. The second-order valence-corrected chi connectivity index (χ2v) is 4.91. The molecule has 1 heterocycles. The topological polar surface area (TPSA) is 45.6 Å². The Kier molecular flexibility index (Phi) is 4.50. The van der Waals surface area contributed by atoms with E-state index in [1.165, 1.54) is 0 Å². The fraction of sp³-hybridized carbons (Fsp3) is 0.400. The number of benzene rings is 1. The molecule has 2 rings (SSSR count). The van der Waals surface area contributed by atoms with Crippen LogP contribution in [0.5, 0.6) is 0 Å². The van der Waals surface area contributed by atoms with Gasteiger partial charge < -0.3 is 5.32 Å². The molecule has 0 bridgehead atoms. The Labute approximate surface area is 120 Å². The van der Waals surface area contributed by atoms with Gasteiger partial charge in [0.05, 0.1) is 20.3 Å². The zero-order chi connectivity index (χ0) is 14.5. The number of hydrogen-bond donors (Lipinski definition) is 1. The van der Waals surface area contributed by atoms with Gasteiger partial charge in [-0.15, -0.1) is 0 Å². The maximum absolute atomic E-state index is 4.32. The molecule has 0 unspecified atom stereocenters. The summed E-state index contributed by atoms with van der Waals surface area (Å²) in [6.45, 7) is 5.18. The van der Waals surface area contributed by atoms with E-state index in [4.69, 9.17) is 0 Å². The summed E-state index contributed by atoms with van der Waals surface area (Å²) >= 11 is 0. The third-order valence-electron chi connectivity index (χ3n) is 3.23. The van der Waals surface area contributed by atoms with E-state index in [9.17, 15) is 0 Å². The molecule has 0 fully saturated rings. The summed E-state index contributed by atoms with van der Waals surface area (Å²) < 4.78 is 3.98. The summed E-state index contributed by atoms with van der Waals surface area (Å²) in [6, 6.07) is 8.00. The van der Waals surface area contributed by atoms with Gasteiger partial charge in [-0.05, 0) is 37.6 Å². The van der Waals surface area contributed by atoms with Crippen LogP contribution in [0.2, 0.25) is 0 Å². The first-order valence-electron chi connectivity index (χ1n) is 6.89. The van der Waals surface area contributed by atoms with Crippen molar-refractivity contribution in [3.63, 3.8) is 0 Å². The monoisotopic (exact) mass is 272 g/mol. The number of anilines is 1. The normalized spacial score (nSPS) is 11.2. The van der Waals surface area contributed by atoms with E-state index in [-0.39, 0.29) is 0 Å². The molecule has 20 heavy (non-hydrogen) atoms. The van der Waals surface area contributed by atoms with E-state index >= 15 is 0 Å². The van der Waals surface area contributed by atoms with Gasteiger partial charge in [0.25, 0.3) is 0 Å². The Morgan fingerprint density at radius 1 is 1.20 bits per heavy atom. The molecule has 0 atom stereocenters. The SMILES string of the molecule is CCCNc1ccc(N=Nc2n(C)c(C)c[n+]2C)cc1. The van der Waals surface area contributed by atoms with E-state index in [0.29, 0.717) is 0 Å². The molecule has 2 aromatic rings. The Hall–Kier alpha value is -2.17. The number of nitrogens with zero attached hydrogens (tertiary/aromatic N) is 4. The van der Waals surface area contributed by atoms with E-state index in [0.717, 1.165) is 36.0 Å². The van der Waals surface area contributed by atoms with Gasteiger partial charge in [-0.2, -0.15) is 0 Å². The Bertz CT molecular complexity index is 595. The third kappa shape index (κ3) is 3.23. The lowest BCUT2D eigenvalue weighted by molar-refractivity contribution is -0.657. The quantitative estimate of drug-likeness (QED) is 0.658. The minimum Gasteiger partial charge on any atom is -0.385 e. The van der Waals surface area contributed by atoms with Crippen LogP contribution in [0.4, 0.5) is 17.3 Å². The molecule has 0 amide bonds. The number of aryl methyl sites for hydroxylation is 2. The largest absolute Gasteiger partial charge is 0.421 e. The highest BCUT2D eigenvalue weighted by Gasteiger charge is 2.14. The van der Waals surface area contributed by atoms with Gasteiger partial charge in [0.2, 0.25) is 0 Å². The Morgan fingerprint density at radius 2 is 1.90 bits per heavy atom. The second-order valence-electron chi connectivity index (χ2n) is 4.91. The highest BCUT2D eigenvalue weighted by Crippen LogP contribution is 2.19. The van der Waals surface area contributed by atoms with Crippen LogP contribution in [0, 0.1) is 6.92 Å². The second kappa shape index (κ2) is 6.32. The van der Waals surface area contributed by atoms with Crippen molar-refractivity contribution in [1.82, 2.24) is 4.57 Å². The lowest BCUT2D eigenvalue weighted by atomic mass is 10.3. The molecule has 5 heteroatoms. The molecule has 106 valence electrons. The minimum atomic E-state index is 0.829. The molecule has 0 aliphatic heterocycles. The Morgan fingerprint density at radius 3 is 2.45 bits per heavy atom. The predicted octanol–water partition coefficient (Wildman–Crippen LogP) is 3.40. The zero-order valence-electron chi connectivity index (χ0n) is 12.6. The first kappa shape index (κ1) is 14.2. The molecule has 0 radical (unpaired) electrons. The predicted molar refractivity (Wildman–Crippen MR) is 80.7 cm³/mol. The van der Waals surface area contributed by atoms with Crippen LogP contribution in [0.25, 0.3) is 0 Å². The maximum atomic E-state index is 4.32. The van der Waals surface area contributed by atoms with Crippen LogP contribution < -0.4 is 9.88 Å². The number of hydrogen-bond acceptors (Lipinski definition) is 3. The summed E-state index contributed by atoms with van der Waals surface area (Å²) in [5.74, 6) is 0.829. The van der Waals surface area contributed by atoms with E-state index in [2.05, 4.69) is 22.5 Å². The van der Waals surface area contributed by atoms with Gasteiger partial charge in [-0.25, -0.2) is 9.13 Å². The van der Waals surface area contributed by atoms with Crippen molar-refractivity contribution in [2.75, 3.05) is 11.9 Å². The van der Waals surface area contributed by atoms with E-state index in [1.54, 1.807) is 0 Å². The summed E-state index contributed by atoms with van der Waals surface area (Å²) in [6.07, 6.45) is 3.15. The number of azo groups is 1. The Balaban J connectivity index is 2.11. The van der Waals surface area contributed by atoms with Crippen LogP contribution in [0.1, 0.15) is 19.0 Å². The molecule has 1 aromatic heterocycles. The van der Waals surface area contributed by atoms with Gasteiger partial charge in [0, 0.05) is 17.3 Å². The number of aromatic nitrogens is 2. The van der Waals surface area contributed by atoms with Gasteiger partial charge >= 0.3 is 5.95 Å². The molecule has 5 nitrogen and oxygen atoms in total. The number of imidazole rings is 1. The number of rotatable bonds is 5. The molecule has 0 spiro atoms. The summed E-state index contributed by atoms with van der Waals surface area (Å²) in [5.41, 5.74) is 3.12. The first-order chi connectivity index (χ1) is 9.61. The summed E-state index contributed by atoms with van der Waals surface area (Å²) in [5, 5.41) is 11.9. The molecule has 0 aliphatic rings. The lowest BCUT2D eigenvalue weighted by Crippen LogP contribution is -2.25. The van der Waals surface area contributed by atoms with E-state index in [1.807, 2.05) is 60.6 Å². The third-order valence-corrected chi connectivity index (χ3v) is 3.23. The average Bonchev–Trinajstić information content (AvgIpc) is 2.69. The maximum Gasteiger partial charge on any atom is 0.421 e. The van der Waals surface area contributed by atoms with Crippen molar-refractivity contribution in [1.29, 1.82) is 0 Å². The van der Waals surface area contributed by atoms with Crippen molar-refractivity contribution in [2.45, 2.75) is 20.3 Å². The molecular weight excluding hydrogens is 250 g/mol. The smallest absolute Gasteiger partial charge is 0.385 e. The van der Waals surface area contributed by atoms with Crippen LogP contribution in [0.3, 0.4) is 0 Å². The van der Waals surface area contributed by atoms with Gasteiger partial charge in [0.1, 0.15) is 11.4 Å². The van der Waals surface area contributed by atoms with E-state index < -0.39 is 0 Å². The summed E-state index contributed by atoms with van der Waals surface area (Å²) in [4.78, 5) is 0. The number of nitrogens with one attached hydrogen (secondary N) is 1. The molecule has 1 N–H and O–H groups in total. The first-order valence-corrected chi connectivity index (χ1v) is 6.89. The standard InChI is InChI=1S/C15H21N5/c1-5-10-16-13-6-8-14(9-7-13)17-18-15-19(3)11-12(2)20(15)4/h6-9,11H,5,10H2,1-4H3/p+1. The van der Waals surface area contributed by atoms with Crippen molar-refractivity contribution >= 4 is 17.3 Å². The molecule has 0 saturated carbocycles. The van der Waals surface area contributed by atoms with Crippen LogP contribution in [-0.2, 0) is 14.1 Å². The van der Waals surface area contributed by atoms with Gasteiger partial charge in [-0.3, -0.25) is 0 Å². The molecule has 1 aromatic carbocycles. The van der Waals surface area contributed by atoms with Crippen molar-refractivity contribution in [3.8, 4) is 0 Å². The fourth-order valence-corrected chi connectivity index (χ4v) is 1.97. The zero-order valence-corrected chi connectivity index (χ0v) is 12.6. The van der Waals surface area contributed by atoms with Gasteiger partial charge in [0.15, 0.2) is 0 Å². The van der Waals surface area contributed by atoms with Crippen LogP contribution >= 0.6 is 0 Å². The van der Waals surface area contributed by atoms with Crippen molar-refractivity contribution in [3.05, 3.63) is 36.2 Å². The van der Waals surface area contributed by atoms with Crippen LogP contribution in [-0.4, -0.2) is 11.1 Å². The van der Waals surface area contributed by atoms with Gasteiger partial charge in [-0.1, -0.05) is 12.0 Å². The summed E-state index contributed by atoms with van der Waals surface area (Å²) in [7, 11) is 3.96. The molecular formula is C15H22N5+. The lowest BCUT2D eigenvalue weighted by Gasteiger charge is -2.03. The molecule has 0 aliphatic carbocycles. The van der Waals surface area contributed by atoms with Crippen molar-refractivity contribution < 1.29 is 4.57 Å².